The van der Waals surface area contributed by atoms with Gasteiger partial charge in [0.05, 0.1) is 6.10 Å². The average Bonchev–Trinajstić information content (AvgIpc) is 2.90. The molecule has 0 amide bonds. The molecule has 0 bridgehead atoms. The van der Waals surface area contributed by atoms with Crippen LogP contribution < -0.4 is 5.32 Å². The van der Waals surface area contributed by atoms with Crippen molar-refractivity contribution in [3.05, 3.63) is 21.4 Å². The first kappa shape index (κ1) is 13.1. The molecule has 2 atom stereocenters. The van der Waals surface area contributed by atoms with Crippen LogP contribution in [0.5, 0.6) is 0 Å². The number of thiophene rings is 1. The molecule has 1 N–H and O–H groups in total. The molecule has 1 saturated heterocycles. The van der Waals surface area contributed by atoms with E-state index < -0.39 is 0 Å². The summed E-state index contributed by atoms with van der Waals surface area (Å²) in [5.74, 6) is 0. The van der Waals surface area contributed by atoms with Gasteiger partial charge in [-0.1, -0.05) is 0 Å². The van der Waals surface area contributed by atoms with Crippen molar-refractivity contribution < 1.29 is 4.74 Å². The molecule has 1 aromatic rings. The van der Waals surface area contributed by atoms with Crippen LogP contribution in [0.1, 0.15) is 47.0 Å². The number of hydrogen-bond acceptors (Lipinski definition) is 3. The molecule has 1 aliphatic rings. The highest BCUT2D eigenvalue weighted by Crippen LogP contribution is 2.31. The molecular weight excluding hydrogens is 230 g/mol. The van der Waals surface area contributed by atoms with E-state index in [-0.39, 0.29) is 0 Å². The maximum Gasteiger partial charge on any atom is 0.0576 e. The fourth-order valence-electron chi connectivity index (χ4n) is 2.64. The van der Waals surface area contributed by atoms with Crippen LogP contribution in [0, 0.1) is 13.8 Å². The average molecular weight is 253 g/mol. The minimum atomic E-state index is 0.498. The Hall–Kier alpha value is -0.380. The van der Waals surface area contributed by atoms with Gasteiger partial charge in [-0.2, -0.15) is 0 Å². The summed E-state index contributed by atoms with van der Waals surface area (Å²) in [5, 5.41) is 3.45. The van der Waals surface area contributed by atoms with Crippen LogP contribution in [0.4, 0.5) is 0 Å². The minimum Gasteiger partial charge on any atom is -0.378 e. The van der Waals surface area contributed by atoms with Crippen molar-refractivity contribution >= 4 is 11.3 Å². The molecule has 2 nitrogen and oxygen atoms in total. The lowest BCUT2D eigenvalue weighted by atomic mass is 10.0. The first-order valence-electron chi connectivity index (χ1n) is 6.56. The van der Waals surface area contributed by atoms with Gasteiger partial charge in [0.2, 0.25) is 0 Å². The topological polar surface area (TPSA) is 21.3 Å². The molecule has 1 fully saturated rings. The number of nitrogens with one attached hydrogen (secondary N) is 1. The van der Waals surface area contributed by atoms with Gasteiger partial charge in [0, 0.05) is 22.4 Å². The van der Waals surface area contributed by atoms with Crippen molar-refractivity contribution in [2.45, 2.75) is 51.7 Å². The molecule has 3 heteroatoms. The number of aryl methyl sites for hydroxylation is 2. The fourth-order valence-corrected chi connectivity index (χ4v) is 3.82. The zero-order valence-corrected chi connectivity index (χ0v) is 11.9. The van der Waals surface area contributed by atoms with E-state index in [1.807, 2.05) is 11.3 Å². The van der Waals surface area contributed by atoms with Crippen molar-refractivity contribution in [1.29, 1.82) is 0 Å². The van der Waals surface area contributed by atoms with Gasteiger partial charge in [-0.05, 0) is 58.2 Å². The zero-order valence-electron chi connectivity index (χ0n) is 11.1. The van der Waals surface area contributed by atoms with Crippen LogP contribution in [-0.2, 0) is 4.74 Å². The van der Waals surface area contributed by atoms with Crippen LogP contribution in [-0.4, -0.2) is 19.8 Å². The second-order valence-corrected chi connectivity index (χ2v) is 6.25. The Bertz CT molecular complexity index is 355. The summed E-state index contributed by atoms with van der Waals surface area (Å²) in [7, 11) is 2.06. The zero-order chi connectivity index (χ0) is 12.3. The van der Waals surface area contributed by atoms with E-state index in [0.29, 0.717) is 12.1 Å². The van der Waals surface area contributed by atoms with Crippen LogP contribution in [0.15, 0.2) is 6.07 Å². The van der Waals surface area contributed by atoms with Crippen molar-refractivity contribution in [1.82, 2.24) is 5.32 Å². The molecule has 2 heterocycles. The van der Waals surface area contributed by atoms with Gasteiger partial charge in [-0.15, -0.1) is 11.3 Å². The Balaban J connectivity index is 1.93. The molecule has 96 valence electrons. The van der Waals surface area contributed by atoms with Crippen molar-refractivity contribution in [2.75, 3.05) is 13.7 Å². The lowest BCUT2D eigenvalue weighted by Crippen LogP contribution is -2.18. The van der Waals surface area contributed by atoms with Crippen molar-refractivity contribution in [2.24, 2.45) is 0 Å². The largest absolute Gasteiger partial charge is 0.378 e. The van der Waals surface area contributed by atoms with Crippen LogP contribution in [0.25, 0.3) is 0 Å². The highest BCUT2D eigenvalue weighted by molar-refractivity contribution is 7.12. The summed E-state index contributed by atoms with van der Waals surface area (Å²) >= 11 is 1.93. The predicted octanol–water partition coefficient (Wildman–Crippen LogP) is 3.58. The van der Waals surface area contributed by atoms with Crippen LogP contribution >= 0.6 is 11.3 Å². The van der Waals surface area contributed by atoms with E-state index in [1.54, 1.807) is 0 Å². The van der Waals surface area contributed by atoms with E-state index in [0.717, 1.165) is 6.61 Å². The van der Waals surface area contributed by atoms with Crippen LogP contribution in [0.3, 0.4) is 0 Å². The SMILES string of the molecule is CNC(CCC1CCCO1)c1sc(C)cc1C. The Kier molecular flexibility index (Phi) is 4.60. The van der Waals surface area contributed by atoms with Gasteiger partial charge in [-0.25, -0.2) is 0 Å². The maximum absolute atomic E-state index is 5.69. The van der Waals surface area contributed by atoms with Gasteiger partial charge in [0.25, 0.3) is 0 Å². The maximum atomic E-state index is 5.69. The van der Waals surface area contributed by atoms with E-state index in [4.69, 9.17) is 4.74 Å². The molecule has 2 rings (SSSR count). The quantitative estimate of drug-likeness (QED) is 0.866. The Labute approximate surface area is 108 Å². The molecule has 17 heavy (non-hydrogen) atoms. The van der Waals surface area contributed by atoms with Gasteiger partial charge < -0.3 is 10.1 Å². The molecule has 1 aromatic heterocycles. The van der Waals surface area contributed by atoms with Gasteiger partial charge in [0.1, 0.15) is 0 Å². The standard InChI is InChI=1S/C14H23NOS/c1-10-9-11(2)17-14(10)13(15-3)7-6-12-5-4-8-16-12/h9,12-13,15H,4-8H2,1-3H3. The third-order valence-corrected chi connectivity index (χ3v) is 4.81. The Morgan fingerprint density at radius 3 is 2.88 bits per heavy atom. The van der Waals surface area contributed by atoms with Gasteiger partial charge >= 0.3 is 0 Å². The third-order valence-electron chi connectivity index (χ3n) is 3.55. The Morgan fingerprint density at radius 1 is 1.53 bits per heavy atom. The number of hydrogen-bond donors (Lipinski definition) is 1. The first-order valence-corrected chi connectivity index (χ1v) is 7.38. The van der Waals surface area contributed by atoms with E-state index >= 15 is 0 Å². The lowest BCUT2D eigenvalue weighted by Gasteiger charge is -2.18. The molecule has 1 aliphatic heterocycles. The number of rotatable bonds is 5. The summed E-state index contributed by atoms with van der Waals surface area (Å²) < 4.78 is 5.69. The number of ether oxygens (including phenoxy) is 1. The van der Waals surface area contributed by atoms with E-state index in [1.165, 1.54) is 41.0 Å². The van der Waals surface area contributed by atoms with Gasteiger partial charge in [-0.3, -0.25) is 0 Å². The summed E-state index contributed by atoms with van der Waals surface area (Å²) in [4.78, 5) is 2.91. The molecule has 0 aromatic carbocycles. The summed E-state index contributed by atoms with van der Waals surface area (Å²) in [5.41, 5.74) is 1.43. The summed E-state index contributed by atoms with van der Waals surface area (Å²) in [6.07, 6.45) is 5.36. The summed E-state index contributed by atoms with van der Waals surface area (Å²) in [6.45, 7) is 5.37. The summed E-state index contributed by atoms with van der Waals surface area (Å²) in [6, 6.07) is 2.79. The minimum absolute atomic E-state index is 0.498. The molecular formula is C14H23NOS. The fraction of sp³-hybridized carbons (Fsp3) is 0.714. The lowest BCUT2D eigenvalue weighted by molar-refractivity contribution is 0.0999. The van der Waals surface area contributed by atoms with E-state index in [9.17, 15) is 0 Å². The highest BCUT2D eigenvalue weighted by atomic mass is 32.1. The molecule has 0 saturated carbocycles. The highest BCUT2D eigenvalue weighted by Gasteiger charge is 2.19. The molecule has 0 spiro atoms. The first-order chi connectivity index (χ1) is 8.20. The smallest absolute Gasteiger partial charge is 0.0576 e. The monoisotopic (exact) mass is 253 g/mol. The molecule has 2 unspecified atom stereocenters. The molecule has 0 radical (unpaired) electrons. The Morgan fingerprint density at radius 2 is 2.35 bits per heavy atom. The predicted molar refractivity (Wildman–Crippen MR) is 73.8 cm³/mol. The third kappa shape index (κ3) is 3.30. The second-order valence-electron chi connectivity index (χ2n) is 4.96. The van der Waals surface area contributed by atoms with Crippen molar-refractivity contribution in [3.8, 4) is 0 Å². The normalized spacial score (nSPS) is 21.9. The van der Waals surface area contributed by atoms with Crippen molar-refractivity contribution in [3.63, 3.8) is 0 Å². The molecule has 0 aliphatic carbocycles. The van der Waals surface area contributed by atoms with Crippen LogP contribution in [0.2, 0.25) is 0 Å². The second kappa shape index (κ2) is 5.98. The van der Waals surface area contributed by atoms with Gasteiger partial charge in [0.15, 0.2) is 0 Å². The van der Waals surface area contributed by atoms with E-state index in [2.05, 4.69) is 32.3 Å².